The number of benzene rings is 1. The lowest BCUT2D eigenvalue weighted by molar-refractivity contribution is -0.385. The van der Waals surface area contributed by atoms with Crippen LogP contribution in [0.2, 0.25) is 0 Å². The lowest BCUT2D eigenvalue weighted by atomic mass is 10.0. The summed E-state index contributed by atoms with van der Waals surface area (Å²) in [7, 11) is 0. The summed E-state index contributed by atoms with van der Waals surface area (Å²) in [6.07, 6.45) is 18.4. The zero-order chi connectivity index (χ0) is 20.5. The van der Waals surface area contributed by atoms with Gasteiger partial charge in [-0.3, -0.25) is 10.1 Å². The standard InChI is InChI=1S/C23H39NO4/c1-2-3-4-5-6-7-8-9-10-11-12-13-14-15-18-28-22-17-16-21(20-25)23(19-22)24(26)27/h16-17,19,25H,2-15,18,20H2,1H3. The van der Waals surface area contributed by atoms with Crippen molar-refractivity contribution in [3.8, 4) is 5.75 Å². The number of aliphatic hydroxyl groups is 1. The van der Waals surface area contributed by atoms with E-state index in [-0.39, 0.29) is 12.3 Å². The fourth-order valence-corrected chi connectivity index (χ4v) is 3.42. The molecule has 1 rings (SSSR count). The third-order valence-electron chi connectivity index (χ3n) is 5.19. The van der Waals surface area contributed by atoms with Crippen molar-refractivity contribution in [3.63, 3.8) is 0 Å². The fourth-order valence-electron chi connectivity index (χ4n) is 3.42. The number of rotatable bonds is 18. The molecule has 1 aromatic rings. The SMILES string of the molecule is CCCCCCCCCCCCCCCCOc1ccc(CO)c([N+](=O)[O-])c1. The Morgan fingerprint density at radius 3 is 1.82 bits per heavy atom. The highest BCUT2D eigenvalue weighted by Gasteiger charge is 2.14. The van der Waals surface area contributed by atoms with E-state index in [4.69, 9.17) is 9.84 Å². The van der Waals surface area contributed by atoms with Gasteiger partial charge in [-0.15, -0.1) is 0 Å². The summed E-state index contributed by atoms with van der Waals surface area (Å²) in [4.78, 5) is 10.5. The number of unbranched alkanes of at least 4 members (excludes halogenated alkanes) is 13. The molecule has 0 aromatic heterocycles. The van der Waals surface area contributed by atoms with E-state index in [0.717, 1.165) is 12.8 Å². The molecule has 160 valence electrons. The molecule has 0 aliphatic rings. The van der Waals surface area contributed by atoms with E-state index in [1.807, 2.05) is 0 Å². The third-order valence-corrected chi connectivity index (χ3v) is 5.19. The van der Waals surface area contributed by atoms with Crippen LogP contribution in [0.15, 0.2) is 18.2 Å². The Balaban J connectivity index is 1.96. The Kier molecular flexibility index (Phi) is 14.3. The molecule has 1 aromatic carbocycles. The number of hydrogen-bond donors (Lipinski definition) is 1. The van der Waals surface area contributed by atoms with Crippen LogP contribution in [0.25, 0.3) is 0 Å². The Hall–Kier alpha value is -1.62. The molecule has 0 spiro atoms. The van der Waals surface area contributed by atoms with Gasteiger partial charge in [-0.05, 0) is 18.6 Å². The molecule has 0 fully saturated rings. The van der Waals surface area contributed by atoms with Crippen molar-refractivity contribution in [1.29, 1.82) is 0 Å². The van der Waals surface area contributed by atoms with Crippen molar-refractivity contribution < 1.29 is 14.8 Å². The Morgan fingerprint density at radius 1 is 0.857 bits per heavy atom. The Labute approximate surface area is 170 Å². The molecule has 5 nitrogen and oxygen atoms in total. The van der Waals surface area contributed by atoms with Gasteiger partial charge in [0.15, 0.2) is 0 Å². The summed E-state index contributed by atoms with van der Waals surface area (Å²) < 4.78 is 5.62. The van der Waals surface area contributed by atoms with Gasteiger partial charge in [-0.1, -0.05) is 90.4 Å². The molecule has 5 heteroatoms. The number of hydrogen-bond acceptors (Lipinski definition) is 4. The summed E-state index contributed by atoms with van der Waals surface area (Å²) in [5.74, 6) is 0.499. The number of nitrogens with zero attached hydrogens (tertiary/aromatic N) is 1. The molecule has 28 heavy (non-hydrogen) atoms. The van der Waals surface area contributed by atoms with Gasteiger partial charge in [-0.2, -0.15) is 0 Å². The highest BCUT2D eigenvalue weighted by molar-refractivity contribution is 5.45. The highest BCUT2D eigenvalue weighted by atomic mass is 16.6. The molecular weight excluding hydrogens is 354 g/mol. The molecule has 1 N–H and O–H groups in total. The van der Waals surface area contributed by atoms with Gasteiger partial charge < -0.3 is 9.84 Å². The number of ether oxygens (including phenoxy) is 1. The van der Waals surface area contributed by atoms with Crippen molar-refractivity contribution in [3.05, 3.63) is 33.9 Å². The van der Waals surface area contributed by atoms with Crippen LogP contribution in [0.5, 0.6) is 5.75 Å². The monoisotopic (exact) mass is 393 g/mol. The maximum atomic E-state index is 11.0. The predicted molar refractivity (Wildman–Crippen MR) is 115 cm³/mol. The minimum absolute atomic E-state index is 0.0824. The molecule has 0 heterocycles. The maximum absolute atomic E-state index is 11.0. The van der Waals surface area contributed by atoms with Crippen LogP contribution < -0.4 is 4.74 Å². The first-order chi connectivity index (χ1) is 13.7. The number of nitro groups is 1. The van der Waals surface area contributed by atoms with E-state index in [2.05, 4.69) is 6.92 Å². The molecule has 0 bridgehead atoms. The normalized spacial score (nSPS) is 10.9. The summed E-state index contributed by atoms with van der Waals surface area (Å²) in [5, 5.41) is 20.1. The fraction of sp³-hybridized carbons (Fsp3) is 0.739. The van der Waals surface area contributed by atoms with E-state index in [0.29, 0.717) is 17.9 Å². The first kappa shape index (κ1) is 24.4. The van der Waals surface area contributed by atoms with Crippen LogP contribution >= 0.6 is 0 Å². The van der Waals surface area contributed by atoms with Crippen LogP contribution in [0, 0.1) is 10.1 Å². The smallest absolute Gasteiger partial charge is 0.278 e. The minimum atomic E-state index is -0.481. The molecular formula is C23H39NO4. The zero-order valence-electron chi connectivity index (χ0n) is 17.7. The van der Waals surface area contributed by atoms with Gasteiger partial charge in [0.05, 0.1) is 29.8 Å². The maximum Gasteiger partial charge on any atom is 0.278 e. The van der Waals surface area contributed by atoms with Crippen molar-refractivity contribution in [2.45, 2.75) is 103 Å². The van der Waals surface area contributed by atoms with Gasteiger partial charge in [0.25, 0.3) is 5.69 Å². The predicted octanol–water partition coefficient (Wildman–Crippen LogP) is 6.95. The molecule has 0 radical (unpaired) electrons. The molecule has 0 atom stereocenters. The molecule has 0 unspecified atom stereocenters. The highest BCUT2D eigenvalue weighted by Crippen LogP contribution is 2.25. The minimum Gasteiger partial charge on any atom is -0.493 e. The second-order valence-corrected chi connectivity index (χ2v) is 7.65. The molecule has 0 aliphatic carbocycles. The lowest BCUT2D eigenvalue weighted by Gasteiger charge is -2.07. The molecule has 0 saturated heterocycles. The van der Waals surface area contributed by atoms with E-state index in [1.54, 1.807) is 12.1 Å². The van der Waals surface area contributed by atoms with Crippen LogP contribution in [-0.4, -0.2) is 16.6 Å². The van der Waals surface area contributed by atoms with Gasteiger partial charge >= 0.3 is 0 Å². The van der Waals surface area contributed by atoms with Crippen LogP contribution in [-0.2, 0) is 6.61 Å². The van der Waals surface area contributed by atoms with E-state index in [1.165, 1.54) is 83.1 Å². The van der Waals surface area contributed by atoms with Crippen molar-refractivity contribution in [2.75, 3.05) is 6.61 Å². The van der Waals surface area contributed by atoms with Crippen molar-refractivity contribution in [1.82, 2.24) is 0 Å². The van der Waals surface area contributed by atoms with E-state index >= 15 is 0 Å². The van der Waals surface area contributed by atoms with Crippen LogP contribution in [0.3, 0.4) is 0 Å². The van der Waals surface area contributed by atoms with Crippen LogP contribution in [0.1, 0.15) is 102 Å². The van der Waals surface area contributed by atoms with E-state index < -0.39 is 4.92 Å². The van der Waals surface area contributed by atoms with Crippen molar-refractivity contribution >= 4 is 5.69 Å². The summed E-state index contributed by atoms with van der Waals surface area (Å²) in [5.41, 5.74) is 0.231. The molecule has 0 amide bonds. The second-order valence-electron chi connectivity index (χ2n) is 7.65. The summed E-state index contributed by atoms with van der Waals surface area (Å²) in [6.45, 7) is 2.50. The van der Waals surface area contributed by atoms with Crippen LogP contribution in [0.4, 0.5) is 5.69 Å². The Bertz CT molecular complexity index is 533. The number of nitro benzene ring substituents is 1. The lowest BCUT2D eigenvalue weighted by Crippen LogP contribution is -2.00. The van der Waals surface area contributed by atoms with Gasteiger partial charge in [0.2, 0.25) is 0 Å². The topological polar surface area (TPSA) is 72.6 Å². The molecule has 0 saturated carbocycles. The average molecular weight is 394 g/mol. The first-order valence-electron chi connectivity index (χ1n) is 11.2. The summed E-state index contributed by atoms with van der Waals surface area (Å²) in [6, 6.07) is 4.64. The largest absolute Gasteiger partial charge is 0.493 e. The first-order valence-corrected chi connectivity index (χ1v) is 11.2. The average Bonchev–Trinajstić information content (AvgIpc) is 2.70. The van der Waals surface area contributed by atoms with Gasteiger partial charge in [0, 0.05) is 0 Å². The van der Waals surface area contributed by atoms with E-state index in [9.17, 15) is 10.1 Å². The third kappa shape index (κ3) is 11.3. The van der Waals surface area contributed by atoms with Crippen molar-refractivity contribution in [2.24, 2.45) is 0 Å². The number of aliphatic hydroxyl groups excluding tert-OH is 1. The second kappa shape index (κ2) is 16.3. The molecule has 0 aliphatic heterocycles. The van der Waals surface area contributed by atoms with Gasteiger partial charge in [-0.25, -0.2) is 0 Å². The Morgan fingerprint density at radius 2 is 1.36 bits per heavy atom. The van der Waals surface area contributed by atoms with Gasteiger partial charge in [0.1, 0.15) is 5.75 Å². The summed E-state index contributed by atoms with van der Waals surface area (Å²) >= 11 is 0. The quantitative estimate of drug-likeness (QED) is 0.166. The zero-order valence-corrected chi connectivity index (χ0v) is 17.7.